The summed E-state index contributed by atoms with van der Waals surface area (Å²) in [6.45, 7) is 5.38. The Labute approximate surface area is 106 Å². The van der Waals surface area contributed by atoms with Gasteiger partial charge >= 0.3 is 5.97 Å². The number of nitrogens with one attached hydrogen (secondary N) is 1. The summed E-state index contributed by atoms with van der Waals surface area (Å²) in [5, 5.41) is 11.6. The maximum absolute atomic E-state index is 11.4. The second-order valence-electron chi connectivity index (χ2n) is 4.30. The van der Waals surface area contributed by atoms with E-state index in [0.717, 1.165) is 5.56 Å². The van der Waals surface area contributed by atoms with Crippen LogP contribution in [0, 0.1) is 6.92 Å². The molecule has 0 aromatic heterocycles. The number of carboxylic acid groups (broad SMARTS) is 1. The highest BCUT2D eigenvalue weighted by molar-refractivity contribution is 5.88. The van der Waals surface area contributed by atoms with Crippen LogP contribution in [0.25, 0.3) is 0 Å². The number of carboxylic acids is 1. The largest absolute Gasteiger partial charge is 0.483 e. The molecule has 2 N–H and O–H groups in total. The number of aryl methyl sites for hydroxylation is 1. The molecule has 0 atom stereocenters. The summed E-state index contributed by atoms with van der Waals surface area (Å²) in [5.74, 6) is -0.842. The van der Waals surface area contributed by atoms with Crippen LogP contribution < -0.4 is 10.1 Å². The molecule has 1 rings (SSSR count). The molecular weight excluding hydrogens is 234 g/mol. The molecule has 18 heavy (non-hydrogen) atoms. The third-order valence-electron chi connectivity index (χ3n) is 2.24. The van der Waals surface area contributed by atoms with Gasteiger partial charge in [0.2, 0.25) is 0 Å². The standard InChI is InChI=1S/C13H17NO4/c1-8(2)14-12(15)7-18-11-6-10(13(16)17)5-4-9(11)3/h4-6,8H,7H2,1-3H3,(H,14,15)(H,16,17). The molecule has 98 valence electrons. The van der Waals surface area contributed by atoms with Crippen molar-refractivity contribution in [3.8, 4) is 5.75 Å². The number of hydrogen-bond acceptors (Lipinski definition) is 3. The van der Waals surface area contributed by atoms with Crippen LogP contribution in [0.5, 0.6) is 5.75 Å². The van der Waals surface area contributed by atoms with Gasteiger partial charge in [-0.3, -0.25) is 4.79 Å². The van der Waals surface area contributed by atoms with E-state index in [1.165, 1.54) is 12.1 Å². The van der Waals surface area contributed by atoms with Crippen LogP contribution >= 0.6 is 0 Å². The van der Waals surface area contributed by atoms with Crippen molar-refractivity contribution in [1.82, 2.24) is 5.32 Å². The van der Waals surface area contributed by atoms with E-state index in [1.807, 2.05) is 13.8 Å². The normalized spacial score (nSPS) is 10.2. The average molecular weight is 251 g/mol. The fourth-order valence-corrected chi connectivity index (χ4v) is 1.40. The fraction of sp³-hybridized carbons (Fsp3) is 0.385. The van der Waals surface area contributed by atoms with Crippen LogP contribution in [-0.4, -0.2) is 29.6 Å². The molecule has 5 heteroatoms. The van der Waals surface area contributed by atoms with Gasteiger partial charge in [-0.25, -0.2) is 4.79 Å². The predicted octanol–water partition coefficient (Wildman–Crippen LogP) is 1.60. The molecule has 0 radical (unpaired) electrons. The average Bonchev–Trinajstić information content (AvgIpc) is 2.26. The lowest BCUT2D eigenvalue weighted by atomic mass is 10.1. The van der Waals surface area contributed by atoms with Gasteiger partial charge < -0.3 is 15.2 Å². The molecule has 0 saturated heterocycles. The number of benzene rings is 1. The monoisotopic (exact) mass is 251 g/mol. The number of rotatable bonds is 5. The van der Waals surface area contributed by atoms with E-state index in [-0.39, 0.29) is 24.1 Å². The Morgan fingerprint density at radius 2 is 2.06 bits per heavy atom. The van der Waals surface area contributed by atoms with Crippen molar-refractivity contribution in [3.05, 3.63) is 29.3 Å². The molecule has 1 amide bonds. The zero-order valence-corrected chi connectivity index (χ0v) is 10.7. The van der Waals surface area contributed by atoms with Crippen molar-refractivity contribution < 1.29 is 19.4 Å². The van der Waals surface area contributed by atoms with Crippen LogP contribution in [-0.2, 0) is 4.79 Å². The molecule has 0 fully saturated rings. The van der Waals surface area contributed by atoms with Gasteiger partial charge in [0.1, 0.15) is 5.75 Å². The first-order valence-electron chi connectivity index (χ1n) is 5.66. The molecule has 0 aliphatic carbocycles. The number of aromatic carboxylic acids is 1. The second-order valence-corrected chi connectivity index (χ2v) is 4.30. The molecule has 0 saturated carbocycles. The summed E-state index contributed by atoms with van der Waals surface area (Å²) in [6.07, 6.45) is 0. The molecule has 0 aliphatic rings. The zero-order chi connectivity index (χ0) is 13.7. The molecule has 0 bridgehead atoms. The molecule has 1 aromatic carbocycles. The predicted molar refractivity (Wildman–Crippen MR) is 66.9 cm³/mol. The maximum Gasteiger partial charge on any atom is 0.335 e. The van der Waals surface area contributed by atoms with Crippen molar-refractivity contribution >= 4 is 11.9 Å². The Bertz CT molecular complexity index is 454. The Balaban J connectivity index is 2.69. The third kappa shape index (κ3) is 4.08. The highest BCUT2D eigenvalue weighted by atomic mass is 16.5. The van der Waals surface area contributed by atoms with E-state index in [9.17, 15) is 9.59 Å². The Morgan fingerprint density at radius 1 is 1.39 bits per heavy atom. The molecule has 5 nitrogen and oxygen atoms in total. The number of carbonyl (C=O) groups excluding carboxylic acids is 1. The summed E-state index contributed by atoms with van der Waals surface area (Å²) >= 11 is 0. The van der Waals surface area contributed by atoms with Crippen molar-refractivity contribution in [2.45, 2.75) is 26.8 Å². The molecular formula is C13H17NO4. The Morgan fingerprint density at radius 3 is 2.61 bits per heavy atom. The van der Waals surface area contributed by atoms with Crippen molar-refractivity contribution in [3.63, 3.8) is 0 Å². The zero-order valence-electron chi connectivity index (χ0n) is 10.7. The maximum atomic E-state index is 11.4. The quantitative estimate of drug-likeness (QED) is 0.833. The van der Waals surface area contributed by atoms with Crippen LogP contribution in [0.1, 0.15) is 29.8 Å². The summed E-state index contributed by atoms with van der Waals surface area (Å²) in [7, 11) is 0. The Hall–Kier alpha value is -2.04. The first kappa shape index (κ1) is 14.0. The van der Waals surface area contributed by atoms with Gasteiger partial charge in [0.25, 0.3) is 5.91 Å². The lowest BCUT2D eigenvalue weighted by molar-refractivity contribution is -0.123. The van der Waals surface area contributed by atoms with E-state index in [0.29, 0.717) is 5.75 Å². The molecule has 0 spiro atoms. The minimum absolute atomic E-state index is 0.0487. The number of ether oxygens (including phenoxy) is 1. The summed E-state index contributed by atoms with van der Waals surface area (Å²) in [5.41, 5.74) is 0.928. The molecule has 0 heterocycles. The van der Waals surface area contributed by atoms with Crippen LogP contribution in [0.2, 0.25) is 0 Å². The van der Waals surface area contributed by atoms with Gasteiger partial charge in [0, 0.05) is 6.04 Å². The second kappa shape index (κ2) is 6.05. The number of hydrogen-bond donors (Lipinski definition) is 2. The SMILES string of the molecule is Cc1ccc(C(=O)O)cc1OCC(=O)NC(C)C. The van der Waals surface area contributed by atoms with Crippen LogP contribution in [0.3, 0.4) is 0 Å². The molecule has 0 aliphatic heterocycles. The van der Waals surface area contributed by atoms with Gasteiger partial charge in [0.05, 0.1) is 5.56 Å². The van der Waals surface area contributed by atoms with Gasteiger partial charge in [-0.1, -0.05) is 6.07 Å². The van der Waals surface area contributed by atoms with Crippen molar-refractivity contribution in [2.75, 3.05) is 6.61 Å². The number of carbonyl (C=O) groups is 2. The van der Waals surface area contributed by atoms with E-state index in [4.69, 9.17) is 9.84 Å². The number of amides is 1. The Kier molecular flexibility index (Phi) is 4.71. The fourth-order valence-electron chi connectivity index (χ4n) is 1.40. The van der Waals surface area contributed by atoms with Gasteiger partial charge in [0.15, 0.2) is 6.61 Å². The van der Waals surface area contributed by atoms with Crippen LogP contribution in [0.4, 0.5) is 0 Å². The minimum atomic E-state index is -1.02. The first-order valence-corrected chi connectivity index (χ1v) is 5.66. The summed E-state index contributed by atoms with van der Waals surface area (Å²) < 4.78 is 5.31. The first-order chi connectivity index (χ1) is 8.40. The van der Waals surface area contributed by atoms with Gasteiger partial charge in [-0.2, -0.15) is 0 Å². The molecule has 0 unspecified atom stereocenters. The highest BCUT2D eigenvalue weighted by Gasteiger charge is 2.09. The topological polar surface area (TPSA) is 75.6 Å². The van der Waals surface area contributed by atoms with E-state index >= 15 is 0 Å². The lowest BCUT2D eigenvalue weighted by Crippen LogP contribution is -2.34. The van der Waals surface area contributed by atoms with E-state index in [2.05, 4.69) is 5.32 Å². The van der Waals surface area contributed by atoms with Crippen LogP contribution in [0.15, 0.2) is 18.2 Å². The third-order valence-corrected chi connectivity index (χ3v) is 2.24. The van der Waals surface area contributed by atoms with Gasteiger partial charge in [-0.15, -0.1) is 0 Å². The van der Waals surface area contributed by atoms with E-state index < -0.39 is 5.97 Å². The van der Waals surface area contributed by atoms with Gasteiger partial charge in [-0.05, 0) is 38.5 Å². The van der Waals surface area contributed by atoms with Crippen molar-refractivity contribution in [1.29, 1.82) is 0 Å². The smallest absolute Gasteiger partial charge is 0.335 e. The minimum Gasteiger partial charge on any atom is -0.483 e. The van der Waals surface area contributed by atoms with Crippen molar-refractivity contribution in [2.24, 2.45) is 0 Å². The summed E-state index contributed by atoms with van der Waals surface area (Å²) in [4.78, 5) is 22.2. The highest BCUT2D eigenvalue weighted by Crippen LogP contribution is 2.19. The molecule has 1 aromatic rings. The lowest BCUT2D eigenvalue weighted by Gasteiger charge is -2.11. The summed E-state index contributed by atoms with van der Waals surface area (Å²) in [6, 6.07) is 4.62. The van der Waals surface area contributed by atoms with E-state index in [1.54, 1.807) is 13.0 Å².